The summed E-state index contributed by atoms with van der Waals surface area (Å²) in [6.45, 7) is -0.0345. The van der Waals surface area contributed by atoms with Crippen molar-refractivity contribution in [3.63, 3.8) is 0 Å². The largest absolute Gasteiger partial charge is 0.481 e. The molecule has 2 heterocycles. The number of nitrogens with two attached hydrogens (primary N) is 1. The van der Waals surface area contributed by atoms with Gasteiger partial charge in [0.15, 0.2) is 12.4 Å². The lowest BCUT2D eigenvalue weighted by Crippen LogP contribution is -2.35. The van der Waals surface area contributed by atoms with E-state index in [9.17, 15) is 9.59 Å². The van der Waals surface area contributed by atoms with Crippen LogP contribution in [-0.2, 0) is 9.53 Å². The number of aromatic nitrogens is 3. The highest BCUT2D eigenvalue weighted by Crippen LogP contribution is 2.33. The minimum Gasteiger partial charge on any atom is -0.481 e. The first kappa shape index (κ1) is 13.9. The Bertz CT molecular complexity index is 770. The lowest BCUT2D eigenvalue weighted by Gasteiger charge is -2.26. The van der Waals surface area contributed by atoms with Gasteiger partial charge in [-0.3, -0.25) is 4.79 Å². The molecule has 1 amide bonds. The van der Waals surface area contributed by atoms with Gasteiger partial charge >= 0.3 is 5.97 Å². The van der Waals surface area contributed by atoms with Crippen molar-refractivity contribution in [1.29, 1.82) is 0 Å². The van der Waals surface area contributed by atoms with Crippen molar-refractivity contribution in [2.24, 2.45) is 0 Å². The van der Waals surface area contributed by atoms with Crippen LogP contribution in [0.1, 0.15) is 10.5 Å². The monoisotopic (exact) mass is 303 g/mol. The summed E-state index contributed by atoms with van der Waals surface area (Å²) >= 11 is 0. The number of rotatable bonds is 2. The topological polar surface area (TPSA) is 113 Å². The Morgan fingerprint density at radius 3 is 2.95 bits per heavy atom. The molecule has 0 bridgehead atoms. The molecule has 1 aromatic heterocycles. The Labute approximate surface area is 125 Å². The standard InChI is InChI=1S/C13H13N5O4/c1-17-8-4-3-7(5-9(8)22-6-10(17)19)18-12(14)11(15-16-18)13(20)21-2/h3-5H,6,14H2,1-2H3. The van der Waals surface area contributed by atoms with Gasteiger partial charge in [-0.25, -0.2) is 4.79 Å². The Kier molecular flexibility index (Phi) is 3.17. The van der Waals surface area contributed by atoms with E-state index in [1.807, 2.05) is 0 Å². The number of likely N-dealkylation sites (N-methyl/N-ethyl adjacent to an activating group) is 1. The van der Waals surface area contributed by atoms with Crippen molar-refractivity contribution in [2.75, 3.05) is 31.4 Å². The Balaban J connectivity index is 2.02. The number of nitrogen functional groups attached to an aromatic ring is 1. The average molecular weight is 303 g/mol. The first-order valence-electron chi connectivity index (χ1n) is 6.36. The van der Waals surface area contributed by atoms with Crippen LogP contribution in [0.2, 0.25) is 0 Å². The summed E-state index contributed by atoms with van der Waals surface area (Å²) in [5.41, 5.74) is 7.01. The van der Waals surface area contributed by atoms with Crippen molar-refractivity contribution >= 4 is 23.4 Å². The highest BCUT2D eigenvalue weighted by molar-refractivity contribution is 5.97. The third-order valence-electron chi connectivity index (χ3n) is 3.36. The van der Waals surface area contributed by atoms with Gasteiger partial charge in [0.05, 0.1) is 18.5 Å². The molecule has 0 radical (unpaired) electrons. The Morgan fingerprint density at radius 2 is 2.23 bits per heavy atom. The van der Waals surface area contributed by atoms with Crippen molar-refractivity contribution < 1.29 is 19.1 Å². The fourth-order valence-electron chi connectivity index (χ4n) is 2.12. The molecule has 2 N–H and O–H groups in total. The van der Waals surface area contributed by atoms with Crippen LogP contribution in [0.4, 0.5) is 11.5 Å². The molecule has 0 unspecified atom stereocenters. The van der Waals surface area contributed by atoms with Gasteiger partial charge in [-0.1, -0.05) is 5.21 Å². The van der Waals surface area contributed by atoms with Crippen molar-refractivity contribution in [1.82, 2.24) is 15.0 Å². The van der Waals surface area contributed by atoms with E-state index >= 15 is 0 Å². The lowest BCUT2D eigenvalue weighted by molar-refractivity contribution is -0.120. The lowest BCUT2D eigenvalue weighted by atomic mass is 10.2. The normalized spacial score (nSPS) is 13.5. The third kappa shape index (κ3) is 2.03. The van der Waals surface area contributed by atoms with E-state index in [1.54, 1.807) is 25.2 Å². The number of esters is 1. The fraction of sp³-hybridized carbons (Fsp3) is 0.231. The summed E-state index contributed by atoms with van der Waals surface area (Å²) in [5, 5.41) is 7.55. The second kappa shape index (κ2) is 5.02. The average Bonchev–Trinajstić information content (AvgIpc) is 2.91. The molecule has 0 fully saturated rings. The number of nitrogens with zero attached hydrogens (tertiary/aromatic N) is 4. The minimum absolute atomic E-state index is 0.0345. The van der Waals surface area contributed by atoms with Crippen LogP contribution in [0, 0.1) is 0 Å². The molecule has 114 valence electrons. The van der Waals surface area contributed by atoms with E-state index in [4.69, 9.17) is 10.5 Å². The molecule has 0 atom stereocenters. The molecule has 0 saturated heterocycles. The smallest absolute Gasteiger partial charge is 0.362 e. The van der Waals surface area contributed by atoms with E-state index in [0.29, 0.717) is 17.1 Å². The second-order valence-corrected chi connectivity index (χ2v) is 4.62. The predicted molar refractivity (Wildman–Crippen MR) is 76.0 cm³/mol. The maximum atomic E-state index is 11.6. The van der Waals surface area contributed by atoms with Gasteiger partial charge in [0.2, 0.25) is 5.69 Å². The molecule has 1 aliphatic heterocycles. The van der Waals surface area contributed by atoms with Gasteiger partial charge in [0.25, 0.3) is 5.91 Å². The first-order chi connectivity index (χ1) is 10.5. The number of amides is 1. The van der Waals surface area contributed by atoms with Gasteiger partial charge < -0.3 is 20.1 Å². The zero-order valence-corrected chi connectivity index (χ0v) is 11.9. The van der Waals surface area contributed by atoms with Gasteiger partial charge in [0.1, 0.15) is 5.75 Å². The number of anilines is 2. The van der Waals surface area contributed by atoms with E-state index in [-0.39, 0.29) is 24.0 Å². The molecule has 0 spiro atoms. The molecule has 9 heteroatoms. The number of carbonyl (C=O) groups excluding carboxylic acids is 2. The highest BCUT2D eigenvalue weighted by Gasteiger charge is 2.24. The Hall–Kier alpha value is -3.10. The van der Waals surface area contributed by atoms with Crippen molar-refractivity contribution in [3.8, 4) is 11.4 Å². The van der Waals surface area contributed by atoms with E-state index < -0.39 is 5.97 Å². The van der Waals surface area contributed by atoms with Gasteiger partial charge in [0, 0.05) is 13.1 Å². The number of carbonyl (C=O) groups is 2. The number of benzene rings is 1. The molecule has 0 aliphatic carbocycles. The number of ether oxygens (including phenoxy) is 2. The first-order valence-corrected chi connectivity index (χ1v) is 6.36. The zero-order valence-electron chi connectivity index (χ0n) is 11.9. The molecule has 1 aromatic carbocycles. The van der Waals surface area contributed by atoms with Crippen LogP contribution in [0.25, 0.3) is 5.69 Å². The highest BCUT2D eigenvalue weighted by atomic mass is 16.5. The number of methoxy groups -OCH3 is 1. The van der Waals surface area contributed by atoms with Gasteiger partial charge in [-0.15, -0.1) is 5.10 Å². The van der Waals surface area contributed by atoms with Crippen molar-refractivity contribution in [3.05, 3.63) is 23.9 Å². The zero-order chi connectivity index (χ0) is 15.9. The summed E-state index contributed by atoms with van der Waals surface area (Å²) in [7, 11) is 2.91. The van der Waals surface area contributed by atoms with Crippen LogP contribution >= 0.6 is 0 Å². The molecular weight excluding hydrogens is 290 g/mol. The van der Waals surface area contributed by atoms with E-state index in [1.165, 1.54) is 16.7 Å². The molecule has 3 rings (SSSR count). The summed E-state index contributed by atoms with van der Waals surface area (Å²) < 4.78 is 11.3. The van der Waals surface area contributed by atoms with Gasteiger partial charge in [-0.05, 0) is 12.1 Å². The molecule has 1 aliphatic rings. The van der Waals surface area contributed by atoms with Crippen LogP contribution in [0.3, 0.4) is 0 Å². The SMILES string of the molecule is COC(=O)c1nnn(-c2ccc3c(c2)OCC(=O)N3C)c1N. The maximum Gasteiger partial charge on any atom is 0.362 e. The van der Waals surface area contributed by atoms with E-state index in [0.717, 1.165) is 0 Å². The molecular formula is C13H13N5O4. The molecule has 22 heavy (non-hydrogen) atoms. The van der Waals surface area contributed by atoms with E-state index in [2.05, 4.69) is 15.0 Å². The molecule has 9 nitrogen and oxygen atoms in total. The van der Waals surface area contributed by atoms with Gasteiger partial charge in [-0.2, -0.15) is 4.68 Å². The Morgan fingerprint density at radius 1 is 1.45 bits per heavy atom. The maximum absolute atomic E-state index is 11.6. The number of fused-ring (bicyclic) bond motifs is 1. The van der Waals surface area contributed by atoms with Crippen LogP contribution < -0.4 is 15.4 Å². The fourth-order valence-corrected chi connectivity index (χ4v) is 2.12. The van der Waals surface area contributed by atoms with Crippen LogP contribution in [0.5, 0.6) is 5.75 Å². The molecule has 2 aromatic rings. The minimum atomic E-state index is -0.664. The number of hydrogen-bond acceptors (Lipinski definition) is 7. The van der Waals surface area contributed by atoms with Crippen LogP contribution in [-0.4, -0.2) is 47.6 Å². The number of hydrogen-bond donors (Lipinski definition) is 1. The quantitative estimate of drug-likeness (QED) is 0.776. The predicted octanol–water partition coefficient (Wildman–Crippen LogP) is -0.00870. The summed E-state index contributed by atoms with van der Waals surface area (Å²) in [6.07, 6.45) is 0. The summed E-state index contributed by atoms with van der Waals surface area (Å²) in [6, 6.07) is 5.08. The van der Waals surface area contributed by atoms with Crippen molar-refractivity contribution in [2.45, 2.75) is 0 Å². The summed E-state index contributed by atoms with van der Waals surface area (Å²) in [5.74, 6) is -0.210. The summed E-state index contributed by atoms with van der Waals surface area (Å²) in [4.78, 5) is 24.6. The third-order valence-corrected chi connectivity index (χ3v) is 3.36. The van der Waals surface area contributed by atoms with Crippen LogP contribution in [0.15, 0.2) is 18.2 Å². The second-order valence-electron chi connectivity index (χ2n) is 4.62. The molecule has 0 saturated carbocycles.